The third-order valence-corrected chi connectivity index (χ3v) is 5.80. The Hall–Kier alpha value is -3.00. The molecule has 1 aliphatic carbocycles. The number of rotatable bonds is 3. The maximum Gasteiger partial charge on any atom is 0.325 e. The number of benzene rings is 2. The summed E-state index contributed by atoms with van der Waals surface area (Å²) < 4.78 is 6.62. The lowest BCUT2D eigenvalue weighted by molar-refractivity contribution is -0.132. The van der Waals surface area contributed by atoms with E-state index >= 15 is 0 Å². The molecule has 1 atom stereocenters. The number of carbonyl (C=O) groups excluding carboxylic acids is 2. The number of imide groups is 1. The first-order chi connectivity index (χ1) is 13.6. The molecule has 1 N–H and O–H groups in total. The molecular formula is C20H15BrN4O3. The molecule has 8 heteroatoms. The summed E-state index contributed by atoms with van der Waals surface area (Å²) in [5.74, 6) is 0.283. The lowest BCUT2D eigenvalue weighted by Gasteiger charge is -2.21. The fourth-order valence-electron chi connectivity index (χ4n) is 3.90. The number of aryl methyl sites for hydroxylation is 1. The molecule has 5 rings (SSSR count). The van der Waals surface area contributed by atoms with Crippen molar-refractivity contribution in [1.82, 2.24) is 20.4 Å². The third kappa shape index (κ3) is 2.56. The Bertz CT molecular complexity index is 1090. The summed E-state index contributed by atoms with van der Waals surface area (Å²) in [5.41, 5.74) is 1.74. The van der Waals surface area contributed by atoms with Gasteiger partial charge in [0.2, 0.25) is 11.8 Å². The second kappa shape index (κ2) is 6.27. The number of halogens is 1. The zero-order valence-corrected chi connectivity index (χ0v) is 16.3. The molecule has 0 saturated carbocycles. The molecule has 1 unspecified atom stereocenters. The third-order valence-electron chi connectivity index (χ3n) is 5.27. The van der Waals surface area contributed by atoms with Crippen LogP contribution in [0.25, 0.3) is 11.5 Å². The average Bonchev–Trinajstić information content (AvgIpc) is 3.37. The quantitative estimate of drug-likeness (QED) is 0.633. The van der Waals surface area contributed by atoms with Gasteiger partial charge in [-0.3, -0.25) is 9.69 Å². The van der Waals surface area contributed by atoms with Gasteiger partial charge in [0.1, 0.15) is 12.1 Å². The van der Waals surface area contributed by atoms with Gasteiger partial charge in [0.05, 0.1) is 0 Å². The molecular weight excluding hydrogens is 424 g/mol. The highest BCUT2D eigenvalue weighted by Crippen LogP contribution is 2.41. The van der Waals surface area contributed by atoms with E-state index in [9.17, 15) is 9.59 Å². The molecule has 1 saturated heterocycles. The Kier molecular flexibility index (Phi) is 3.83. The SMILES string of the molecule is O=C1NC2(CCc3ccccc32)C(=O)N1Cc1nnc(-c2ccc(Br)cc2)o1. The largest absolute Gasteiger partial charge is 0.419 e. The second-order valence-electron chi connectivity index (χ2n) is 6.89. The van der Waals surface area contributed by atoms with Crippen molar-refractivity contribution >= 4 is 27.9 Å². The topological polar surface area (TPSA) is 88.3 Å². The zero-order chi connectivity index (χ0) is 19.3. The first-order valence-corrected chi connectivity index (χ1v) is 9.67. The van der Waals surface area contributed by atoms with Crippen LogP contribution in [0, 0.1) is 0 Å². The van der Waals surface area contributed by atoms with Gasteiger partial charge in [0, 0.05) is 10.0 Å². The maximum atomic E-state index is 13.2. The average molecular weight is 439 g/mol. The Morgan fingerprint density at radius 1 is 1.11 bits per heavy atom. The standard InChI is InChI=1S/C20H15BrN4O3/c21-14-7-5-13(6-8-14)17-24-23-16(28-17)11-25-18(26)20(22-19(25)27)10-9-12-3-1-2-4-15(12)20/h1-8H,9-11H2,(H,22,27). The predicted octanol–water partition coefficient (Wildman–Crippen LogP) is 3.39. The smallest absolute Gasteiger partial charge is 0.325 e. The van der Waals surface area contributed by atoms with Crippen molar-refractivity contribution in [1.29, 1.82) is 0 Å². The minimum absolute atomic E-state index is 0.0574. The normalized spacial score (nSPS) is 20.7. The summed E-state index contributed by atoms with van der Waals surface area (Å²) in [6, 6.07) is 14.7. The Labute approximate surface area is 168 Å². The van der Waals surface area contributed by atoms with E-state index in [-0.39, 0.29) is 18.3 Å². The summed E-state index contributed by atoms with van der Waals surface area (Å²) >= 11 is 3.38. The fraction of sp³-hybridized carbons (Fsp3) is 0.200. The van der Waals surface area contributed by atoms with Crippen molar-refractivity contribution in [3.8, 4) is 11.5 Å². The number of hydrogen-bond acceptors (Lipinski definition) is 5. The molecule has 7 nitrogen and oxygen atoms in total. The molecule has 140 valence electrons. The first kappa shape index (κ1) is 17.1. The predicted molar refractivity (Wildman–Crippen MR) is 103 cm³/mol. The van der Waals surface area contributed by atoms with E-state index in [0.717, 1.165) is 32.5 Å². The monoisotopic (exact) mass is 438 g/mol. The number of fused-ring (bicyclic) bond motifs is 2. The fourth-order valence-corrected chi connectivity index (χ4v) is 4.16. The van der Waals surface area contributed by atoms with Gasteiger partial charge in [-0.2, -0.15) is 0 Å². The van der Waals surface area contributed by atoms with Gasteiger partial charge in [-0.1, -0.05) is 40.2 Å². The van der Waals surface area contributed by atoms with Crippen LogP contribution in [0.2, 0.25) is 0 Å². The molecule has 2 aliphatic rings. The number of amides is 3. The van der Waals surface area contributed by atoms with E-state index in [1.54, 1.807) is 0 Å². The molecule has 1 aliphatic heterocycles. The van der Waals surface area contributed by atoms with Crippen LogP contribution in [-0.4, -0.2) is 27.0 Å². The Morgan fingerprint density at radius 3 is 2.71 bits per heavy atom. The van der Waals surface area contributed by atoms with Crippen molar-refractivity contribution in [3.63, 3.8) is 0 Å². The van der Waals surface area contributed by atoms with Crippen LogP contribution in [0.15, 0.2) is 57.4 Å². The van der Waals surface area contributed by atoms with Crippen LogP contribution in [0.5, 0.6) is 0 Å². The van der Waals surface area contributed by atoms with E-state index in [0.29, 0.717) is 12.3 Å². The molecule has 2 aromatic carbocycles. The number of nitrogens with zero attached hydrogens (tertiary/aromatic N) is 3. The summed E-state index contributed by atoms with van der Waals surface area (Å²) in [5, 5.41) is 10.9. The van der Waals surface area contributed by atoms with E-state index in [4.69, 9.17) is 4.42 Å². The van der Waals surface area contributed by atoms with Gasteiger partial charge in [0.15, 0.2) is 0 Å². The van der Waals surface area contributed by atoms with E-state index < -0.39 is 11.6 Å². The lowest BCUT2D eigenvalue weighted by Crippen LogP contribution is -2.41. The first-order valence-electron chi connectivity index (χ1n) is 8.88. The molecule has 0 bridgehead atoms. The van der Waals surface area contributed by atoms with Gasteiger partial charge in [-0.15, -0.1) is 10.2 Å². The minimum Gasteiger partial charge on any atom is -0.419 e. The van der Waals surface area contributed by atoms with Gasteiger partial charge in [-0.05, 0) is 48.2 Å². The maximum absolute atomic E-state index is 13.2. The number of hydrogen-bond donors (Lipinski definition) is 1. The van der Waals surface area contributed by atoms with E-state index in [2.05, 4.69) is 31.4 Å². The Balaban J connectivity index is 1.40. The molecule has 1 aromatic heterocycles. The van der Waals surface area contributed by atoms with Crippen molar-refractivity contribution in [2.45, 2.75) is 24.9 Å². The van der Waals surface area contributed by atoms with Crippen molar-refractivity contribution in [3.05, 3.63) is 70.0 Å². The summed E-state index contributed by atoms with van der Waals surface area (Å²) in [6.45, 7) is -0.0574. The molecule has 3 aromatic rings. The molecule has 1 fully saturated rings. The van der Waals surface area contributed by atoms with Crippen LogP contribution in [-0.2, 0) is 23.3 Å². The van der Waals surface area contributed by atoms with Crippen LogP contribution in [0.4, 0.5) is 4.79 Å². The summed E-state index contributed by atoms with van der Waals surface area (Å²) in [6.07, 6.45) is 1.31. The highest BCUT2D eigenvalue weighted by atomic mass is 79.9. The molecule has 3 amide bonds. The molecule has 2 heterocycles. The van der Waals surface area contributed by atoms with E-state index in [1.807, 2.05) is 48.5 Å². The minimum atomic E-state index is -0.984. The van der Waals surface area contributed by atoms with Gasteiger partial charge in [-0.25, -0.2) is 4.79 Å². The van der Waals surface area contributed by atoms with Crippen molar-refractivity contribution in [2.75, 3.05) is 0 Å². The highest BCUT2D eigenvalue weighted by Gasteiger charge is 2.55. The summed E-state index contributed by atoms with van der Waals surface area (Å²) in [4.78, 5) is 26.9. The Morgan fingerprint density at radius 2 is 1.89 bits per heavy atom. The van der Waals surface area contributed by atoms with Crippen LogP contribution >= 0.6 is 15.9 Å². The van der Waals surface area contributed by atoms with Crippen molar-refractivity contribution < 1.29 is 14.0 Å². The number of carbonyl (C=O) groups is 2. The number of nitrogens with one attached hydrogen (secondary N) is 1. The van der Waals surface area contributed by atoms with Gasteiger partial charge >= 0.3 is 6.03 Å². The summed E-state index contributed by atoms with van der Waals surface area (Å²) in [7, 11) is 0. The van der Waals surface area contributed by atoms with Crippen LogP contribution in [0.1, 0.15) is 23.4 Å². The van der Waals surface area contributed by atoms with Crippen molar-refractivity contribution in [2.24, 2.45) is 0 Å². The number of urea groups is 1. The van der Waals surface area contributed by atoms with E-state index in [1.165, 1.54) is 0 Å². The number of aromatic nitrogens is 2. The zero-order valence-electron chi connectivity index (χ0n) is 14.7. The van der Waals surface area contributed by atoms with Gasteiger partial charge in [0.25, 0.3) is 5.91 Å². The molecule has 0 radical (unpaired) electrons. The van der Waals surface area contributed by atoms with Crippen LogP contribution < -0.4 is 5.32 Å². The lowest BCUT2D eigenvalue weighted by atomic mass is 9.92. The highest BCUT2D eigenvalue weighted by molar-refractivity contribution is 9.10. The molecule has 1 spiro atoms. The van der Waals surface area contributed by atoms with Gasteiger partial charge < -0.3 is 9.73 Å². The van der Waals surface area contributed by atoms with Crippen LogP contribution in [0.3, 0.4) is 0 Å². The molecule has 28 heavy (non-hydrogen) atoms. The second-order valence-corrected chi connectivity index (χ2v) is 7.81.